The molecule has 0 radical (unpaired) electrons. The van der Waals surface area contributed by atoms with E-state index in [-0.39, 0.29) is 13.0 Å². The van der Waals surface area contributed by atoms with Crippen molar-refractivity contribution in [2.24, 2.45) is 0 Å². The quantitative estimate of drug-likeness (QED) is 0.795. The molecule has 0 saturated heterocycles. The second kappa shape index (κ2) is 5.82. The molecule has 3 nitrogen and oxygen atoms in total. The van der Waals surface area contributed by atoms with Crippen LogP contribution in [-0.4, -0.2) is 28.0 Å². The lowest BCUT2D eigenvalue weighted by atomic mass is 10.0. The molecule has 2 unspecified atom stereocenters. The number of aliphatic hydroxyl groups excluding tert-OH is 3. The van der Waals surface area contributed by atoms with Gasteiger partial charge in [-0.25, -0.2) is 0 Å². The Hall–Kier alpha value is -0.130. The van der Waals surface area contributed by atoms with Crippen LogP contribution in [0.25, 0.3) is 0 Å². The van der Waals surface area contributed by atoms with Crippen molar-refractivity contribution >= 4 is 27.5 Å². The zero-order chi connectivity index (χ0) is 11.4. The first kappa shape index (κ1) is 12.9. The molecule has 2 atom stereocenters. The van der Waals surface area contributed by atoms with Crippen LogP contribution in [-0.2, 0) is 0 Å². The van der Waals surface area contributed by atoms with E-state index < -0.39 is 12.2 Å². The number of hydrogen-bond donors (Lipinski definition) is 3. The second-order valence-corrected chi connectivity index (χ2v) is 4.58. The molecule has 1 aromatic rings. The summed E-state index contributed by atoms with van der Waals surface area (Å²) in [7, 11) is 0. The van der Waals surface area contributed by atoms with E-state index in [0.29, 0.717) is 10.6 Å². The van der Waals surface area contributed by atoms with Crippen molar-refractivity contribution in [1.29, 1.82) is 0 Å². The molecule has 15 heavy (non-hydrogen) atoms. The summed E-state index contributed by atoms with van der Waals surface area (Å²) in [5, 5.41) is 28.3. The Bertz CT molecular complexity index is 312. The Labute approximate surface area is 101 Å². The maximum Gasteiger partial charge on any atom is 0.105 e. The van der Waals surface area contributed by atoms with E-state index >= 15 is 0 Å². The average molecular weight is 296 g/mol. The van der Waals surface area contributed by atoms with Crippen LogP contribution in [0, 0.1) is 0 Å². The molecule has 0 amide bonds. The van der Waals surface area contributed by atoms with Gasteiger partial charge in [-0.15, -0.1) is 0 Å². The van der Waals surface area contributed by atoms with E-state index in [0.717, 1.165) is 4.47 Å². The van der Waals surface area contributed by atoms with Crippen molar-refractivity contribution in [3.05, 3.63) is 33.3 Å². The first-order valence-corrected chi connectivity index (χ1v) is 5.64. The summed E-state index contributed by atoms with van der Waals surface area (Å²) in [5.41, 5.74) is 0.523. The summed E-state index contributed by atoms with van der Waals surface area (Å²) in [5.74, 6) is 0. The van der Waals surface area contributed by atoms with Crippen LogP contribution in [0.4, 0.5) is 0 Å². The monoisotopic (exact) mass is 294 g/mol. The summed E-state index contributed by atoms with van der Waals surface area (Å²) < 4.78 is 0.736. The molecular formula is C10H12BrClO3. The molecule has 84 valence electrons. The van der Waals surface area contributed by atoms with Gasteiger partial charge in [0.2, 0.25) is 0 Å². The van der Waals surface area contributed by atoms with Crippen LogP contribution < -0.4 is 0 Å². The van der Waals surface area contributed by atoms with Crippen molar-refractivity contribution in [3.63, 3.8) is 0 Å². The van der Waals surface area contributed by atoms with E-state index in [4.69, 9.17) is 16.7 Å². The van der Waals surface area contributed by atoms with Crippen molar-refractivity contribution < 1.29 is 15.3 Å². The van der Waals surface area contributed by atoms with Gasteiger partial charge >= 0.3 is 0 Å². The molecule has 0 saturated carbocycles. The van der Waals surface area contributed by atoms with Gasteiger partial charge in [-0.05, 0) is 30.2 Å². The third-order valence-electron chi connectivity index (χ3n) is 2.02. The minimum Gasteiger partial charge on any atom is -0.396 e. The summed E-state index contributed by atoms with van der Waals surface area (Å²) >= 11 is 9.05. The Morgan fingerprint density at radius 2 is 1.93 bits per heavy atom. The number of aliphatic hydroxyl groups is 3. The molecule has 0 aliphatic carbocycles. The van der Waals surface area contributed by atoms with Gasteiger partial charge in [0, 0.05) is 16.1 Å². The van der Waals surface area contributed by atoms with Gasteiger partial charge in [0.1, 0.15) is 6.10 Å². The fourth-order valence-corrected chi connectivity index (χ4v) is 2.14. The Balaban J connectivity index is 2.85. The van der Waals surface area contributed by atoms with Crippen LogP contribution in [0.1, 0.15) is 18.1 Å². The lowest BCUT2D eigenvalue weighted by Gasteiger charge is -2.17. The fourth-order valence-electron chi connectivity index (χ4n) is 1.26. The molecule has 0 heterocycles. The summed E-state index contributed by atoms with van der Waals surface area (Å²) in [6, 6.07) is 4.95. The van der Waals surface area contributed by atoms with Gasteiger partial charge in [-0.1, -0.05) is 27.5 Å². The number of rotatable bonds is 4. The van der Waals surface area contributed by atoms with Gasteiger partial charge in [0.15, 0.2) is 0 Å². The van der Waals surface area contributed by atoms with Crippen LogP contribution in [0.2, 0.25) is 5.02 Å². The van der Waals surface area contributed by atoms with Crippen molar-refractivity contribution in [2.75, 3.05) is 6.61 Å². The average Bonchev–Trinajstić information content (AvgIpc) is 2.15. The summed E-state index contributed by atoms with van der Waals surface area (Å²) in [6.45, 7) is -0.167. The number of hydrogen-bond acceptors (Lipinski definition) is 3. The topological polar surface area (TPSA) is 60.7 Å². The molecule has 0 spiro atoms. The summed E-state index contributed by atoms with van der Waals surface area (Å²) in [6.07, 6.45) is -1.89. The Kier molecular flexibility index (Phi) is 5.02. The highest BCUT2D eigenvalue weighted by molar-refractivity contribution is 9.10. The molecule has 1 rings (SSSR count). The molecule has 0 aromatic heterocycles. The molecule has 3 N–H and O–H groups in total. The van der Waals surface area contributed by atoms with E-state index in [1.54, 1.807) is 18.2 Å². The van der Waals surface area contributed by atoms with Crippen molar-refractivity contribution in [2.45, 2.75) is 18.6 Å². The largest absolute Gasteiger partial charge is 0.396 e. The minimum absolute atomic E-state index is 0.130. The zero-order valence-corrected chi connectivity index (χ0v) is 10.2. The maximum atomic E-state index is 9.73. The molecule has 0 aliphatic heterocycles. The van der Waals surface area contributed by atoms with Gasteiger partial charge in [0.25, 0.3) is 0 Å². The first-order chi connectivity index (χ1) is 7.04. The zero-order valence-electron chi connectivity index (χ0n) is 7.90. The first-order valence-electron chi connectivity index (χ1n) is 4.47. The molecule has 0 bridgehead atoms. The third-order valence-corrected chi connectivity index (χ3v) is 2.69. The lowest BCUT2D eigenvalue weighted by molar-refractivity contribution is 0.00419. The maximum absolute atomic E-state index is 9.73. The third kappa shape index (κ3) is 3.74. The Morgan fingerprint density at radius 3 is 2.47 bits per heavy atom. The van der Waals surface area contributed by atoms with Crippen molar-refractivity contribution in [3.8, 4) is 0 Å². The molecule has 0 fully saturated rings. The lowest BCUT2D eigenvalue weighted by Crippen LogP contribution is -2.19. The van der Waals surface area contributed by atoms with E-state index in [9.17, 15) is 10.2 Å². The SMILES string of the molecule is OCCC(O)C(O)c1cc(Cl)cc(Br)c1. The van der Waals surface area contributed by atoms with Crippen molar-refractivity contribution in [1.82, 2.24) is 0 Å². The van der Waals surface area contributed by atoms with E-state index in [1.807, 2.05) is 0 Å². The van der Waals surface area contributed by atoms with Gasteiger partial charge in [-0.2, -0.15) is 0 Å². The summed E-state index contributed by atoms with van der Waals surface area (Å²) in [4.78, 5) is 0. The second-order valence-electron chi connectivity index (χ2n) is 3.23. The van der Waals surface area contributed by atoms with Crippen LogP contribution in [0.5, 0.6) is 0 Å². The van der Waals surface area contributed by atoms with Crippen LogP contribution in [0.3, 0.4) is 0 Å². The standard InChI is InChI=1S/C10H12BrClO3/c11-7-3-6(4-8(12)5-7)10(15)9(14)1-2-13/h3-5,9-10,13-15H,1-2H2. The van der Waals surface area contributed by atoms with Crippen LogP contribution in [0.15, 0.2) is 22.7 Å². The molecule has 5 heteroatoms. The van der Waals surface area contributed by atoms with Gasteiger partial charge < -0.3 is 15.3 Å². The molecule has 1 aromatic carbocycles. The van der Waals surface area contributed by atoms with Gasteiger partial charge in [-0.3, -0.25) is 0 Å². The number of halogens is 2. The predicted molar refractivity (Wildman–Crippen MR) is 61.8 cm³/mol. The highest BCUT2D eigenvalue weighted by Gasteiger charge is 2.18. The van der Waals surface area contributed by atoms with Gasteiger partial charge in [0.05, 0.1) is 6.10 Å². The normalized spacial score (nSPS) is 15.0. The van der Waals surface area contributed by atoms with E-state index in [2.05, 4.69) is 15.9 Å². The number of benzene rings is 1. The van der Waals surface area contributed by atoms with Crippen LogP contribution >= 0.6 is 27.5 Å². The smallest absolute Gasteiger partial charge is 0.105 e. The highest BCUT2D eigenvalue weighted by atomic mass is 79.9. The Morgan fingerprint density at radius 1 is 1.27 bits per heavy atom. The molecular weight excluding hydrogens is 283 g/mol. The predicted octanol–water partition coefficient (Wildman–Crippen LogP) is 1.88. The van der Waals surface area contributed by atoms with E-state index in [1.165, 1.54) is 0 Å². The fraction of sp³-hybridized carbons (Fsp3) is 0.400. The molecule has 0 aliphatic rings. The minimum atomic E-state index is -1.04. The highest BCUT2D eigenvalue weighted by Crippen LogP contribution is 2.26.